The van der Waals surface area contributed by atoms with Gasteiger partial charge in [-0.1, -0.05) is 6.07 Å². The summed E-state index contributed by atoms with van der Waals surface area (Å²) in [6, 6.07) is 3.79. The number of nitrogens with one attached hydrogen (secondary N) is 2. The van der Waals surface area contributed by atoms with Crippen molar-refractivity contribution in [2.24, 2.45) is 5.92 Å². The molecule has 2 N–H and O–H groups in total. The van der Waals surface area contributed by atoms with Crippen LogP contribution in [-0.2, 0) is 11.3 Å². The van der Waals surface area contributed by atoms with E-state index in [2.05, 4.69) is 15.6 Å². The molecule has 0 atom stereocenters. The van der Waals surface area contributed by atoms with E-state index in [1.54, 1.807) is 13.3 Å². The van der Waals surface area contributed by atoms with E-state index in [1.165, 1.54) is 12.8 Å². The van der Waals surface area contributed by atoms with E-state index in [4.69, 9.17) is 4.74 Å². The molecule has 0 aromatic carbocycles. The lowest BCUT2D eigenvalue weighted by Gasteiger charge is -2.08. The fourth-order valence-electron chi connectivity index (χ4n) is 1.70. The number of ether oxygens (including phenoxy) is 1. The highest BCUT2D eigenvalue weighted by atomic mass is 16.5. The topological polar surface area (TPSA) is 63.2 Å². The molecule has 0 unspecified atom stereocenters. The van der Waals surface area contributed by atoms with Crippen LogP contribution in [0.5, 0.6) is 5.88 Å². The van der Waals surface area contributed by atoms with Gasteiger partial charge in [-0.15, -0.1) is 0 Å². The first-order valence-corrected chi connectivity index (χ1v) is 6.25. The van der Waals surface area contributed by atoms with Crippen molar-refractivity contribution in [3.63, 3.8) is 0 Å². The maximum atomic E-state index is 11.5. The first-order valence-electron chi connectivity index (χ1n) is 6.25. The van der Waals surface area contributed by atoms with Gasteiger partial charge in [0, 0.05) is 24.8 Å². The van der Waals surface area contributed by atoms with Gasteiger partial charge in [-0.2, -0.15) is 0 Å². The molecule has 1 fully saturated rings. The molecule has 5 heteroatoms. The largest absolute Gasteiger partial charge is 0.481 e. The van der Waals surface area contributed by atoms with Gasteiger partial charge in [0.15, 0.2) is 0 Å². The highest BCUT2D eigenvalue weighted by molar-refractivity contribution is 5.78. The van der Waals surface area contributed by atoms with Crippen LogP contribution < -0.4 is 15.4 Å². The SMILES string of the molecule is COc1ncccc1CNCC(=O)NCC1CC1. The quantitative estimate of drug-likeness (QED) is 0.747. The van der Waals surface area contributed by atoms with E-state index in [0.717, 1.165) is 12.1 Å². The number of hydrogen-bond acceptors (Lipinski definition) is 4. The number of nitrogens with zero attached hydrogens (tertiary/aromatic N) is 1. The van der Waals surface area contributed by atoms with Gasteiger partial charge >= 0.3 is 0 Å². The number of hydrogen-bond donors (Lipinski definition) is 2. The maximum Gasteiger partial charge on any atom is 0.233 e. The third-order valence-electron chi connectivity index (χ3n) is 2.93. The monoisotopic (exact) mass is 249 g/mol. The Labute approximate surface area is 107 Å². The van der Waals surface area contributed by atoms with Crippen molar-refractivity contribution in [2.75, 3.05) is 20.2 Å². The number of carbonyl (C=O) groups is 1. The number of methoxy groups -OCH3 is 1. The molecule has 0 saturated heterocycles. The first-order chi connectivity index (χ1) is 8.79. The molecule has 98 valence electrons. The summed E-state index contributed by atoms with van der Waals surface area (Å²) in [6.45, 7) is 1.72. The number of amides is 1. The first kappa shape index (κ1) is 12.8. The highest BCUT2D eigenvalue weighted by Gasteiger charge is 2.21. The molecule has 0 radical (unpaired) electrons. The van der Waals surface area contributed by atoms with Crippen molar-refractivity contribution >= 4 is 5.91 Å². The molecule has 1 aromatic heterocycles. The lowest BCUT2D eigenvalue weighted by atomic mass is 10.2. The molecule has 1 amide bonds. The average molecular weight is 249 g/mol. The molecule has 0 spiro atoms. The van der Waals surface area contributed by atoms with Crippen molar-refractivity contribution in [3.05, 3.63) is 23.9 Å². The van der Waals surface area contributed by atoms with Gasteiger partial charge in [0.25, 0.3) is 0 Å². The van der Waals surface area contributed by atoms with Crippen LogP contribution in [0.3, 0.4) is 0 Å². The van der Waals surface area contributed by atoms with E-state index >= 15 is 0 Å². The van der Waals surface area contributed by atoms with Crippen LogP contribution in [0.15, 0.2) is 18.3 Å². The maximum absolute atomic E-state index is 11.5. The third-order valence-corrected chi connectivity index (χ3v) is 2.93. The van der Waals surface area contributed by atoms with Gasteiger partial charge in [-0.25, -0.2) is 4.98 Å². The number of aromatic nitrogens is 1. The average Bonchev–Trinajstić information content (AvgIpc) is 3.21. The van der Waals surface area contributed by atoms with Crippen LogP contribution in [0.1, 0.15) is 18.4 Å². The normalized spacial score (nSPS) is 14.3. The van der Waals surface area contributed by atoms with E-state index in [0.29, 0.717) is 24.9 Å². The Morgan fingerprint density at radius 3 is 3.11 bits per heavy atom. The molecule has 18 heavy (non-hydrogen) atoms. The number of pyridine rings is 1. The van der Waals surface area contributed by atoms with Gasteiger partial charge in [0.1, 0.15) is 0 Å². The summed E-state index contributed by atoms with van der Waals surface area (Å²) in [5, 5.41) is 6.00. The fourth-order valence-corrected chi connectivity index (χ4v) is 1.70. The van der Waals surface area contributed by atoms with Gasteiger partial charge in [0.2, 0.25) is 11.8 Å². The van der Waals surface area contributed by atoms with Crippen LogP contribution in [0.4, 0.5) is 0 Å². The second-order valence-corrected chi connectivity index (χ2v) is 4.52. The zero-order valence-electron chi connectivity index (χ0n) is 10.6. The summed E-state index contributed by atoms with van der Waals surface area (Å²) >= 11 is 0. The molecular weight excluding hydrogens is 230 g/mol. The van der Waals surface area contributed by atoms with Gasteiger partial charge in [-0.3, -0.25) is 4.79 Å². The van der Waals surface area contributed by atoms with Crippen LogP contribution >= 0.6 is 0 Å². The Morgan fingerprint density at radius 2 is 2.39 bits per heavy atom. The summed E-state index contributed by atoms with van der Waals surface area (Å²) in [7, 11) is 1.59. The Hall–Kier alpha value is -1.62. The molecule has 1 aromatic rings. The van der Waals surface area contributed by atoms with Crippen molar-refractivity contribution in [1.82, 2.24) is 15.6 Å². The Morgan fingerprint density at radius 1 is 1.56 bits per heavy atom. The van der Waals surface area contributed by atoms with Crippen molar-refractivity contribution in [2.45, 2.75) is 19.4 Å². The molecule has 0 bridgehead atoms. The van der Waals surface area contributed by atoms with Gasteiger partial charge in [-0.05, 0) is 24.8 Å². The van der Waals surface area contributed by atoms with E-state index in [1.807, 2.05) is 12.1 Å². The summed E-state index contributed by atoms with van der Waals surface area (Å²) in [5.41, 5.74) is 0.954. The number of rotatable bonds is 7. The molecule has 5 nitrogen and oxygen atoms in total. The molecule has 1 heterocycles. The zero-order valence-corrected chi connectivity index (χ0v) is 10.6. The second-order valence-electron chi connectivity index (χ2n) is 4.52. The second kappa shape index (κ2) is 6.35. The third kappa shape index (κ3) is 4.00. The molecular formula is C13H19N3O2. The van der Waals surface area contributed by atoms with E-state index in [9.17, 15) is 4.79 Å². The van der Waals surface area contributed by atoms with Crippen LogP contribution in [0, 0.1) is 5.92 Å². The van der Waals surface area contributed by atoms with Gasteiger partial charge in [0.05, 0.1) is 13.7 Å². The minimum atomic E-state index is 0.0461. The van der Waals surface area contributed by atoms with Crippen LogP contribution in [0.25, 0.3) is 0 Å². The van der Waals surface area contributed by atoms with Crippen molar-refractivity contribution in [3.8, 4) is 5.88 Å². The van der Waals surface area contributed by atoms with Gasteiger partial charge < -0.3 is 15.4 Å². The molecule has 1 aliphatic carbocycles. The lowest BCUT2D eigenvalue weighted by molar-refractivity contribution is -0.120. The fraction of sp³-hybridized carbons (Fsp3) is 0.538. The Kier molecular flexibility index (Phi) is 4.52. The minimum Gasteiger partial charge on any atom is -0.481 e. The lowest BCUT2D eigenvalue weighted by Crippen LogP contribution is -2.34. The van der Waals surface area contributed by atoms with Crippen LogP contribution in [-0.4, -0.2) is 31.1 Å². The van der Waals surface area contributed by atoms with E-state index < -0.39 is 0 Å². The number of carbonyl (C=O) groups excluding carboxylic acids is 1. The molecule has 2 rings (SSSR count). The van der Waals surface area contributed by atoms with Crippen molar-refractivity contribution < 1.29 is 9.53 Å². The minimum absolute atomic E-state index is 0.0461. The summed E-state index contributed by atoms with van der Waals surface area (Å²) < 4.78 is 5.14. The Balaban J connectivity index is 1.68. The summed E-state index contributed by atoms with van der Waals surface area (Å²) in [6.07, 6.45) is 4.19. The smallest absolute Gasteiger partial charge is 0.233 e. The van der Waals surface area contributed by atoms with E-state index in [-0.39, 0.29) is 5.91 Å². The standard InChI is InChI=1S/C13H19N3O2/c1-18-13-11(3-2-6-15-13)8-14-9-12(17)16-7-10-4-5-10/h2-3,6,10,14H,4-5,7-9H2,1H3,(H,16,17). The highest BCUT2D eigenvalue weighted by Crippen LogP contribution is 2.27. The zero-order chi connectivity index (χ0) is 12.8. The summed E-state index contributed by atoms with van der Waals surface area (Å²) in [4.78, 5) is 15.6. The molecule has 1 aliphatic rings. The molecule has 0 aliphatic heterocycles. The van der Waals surface area contributed by atoms with Crippen molar-refractivity contribution in [1.29, 1.82) is 0 Å². The Bertz CT molecular complexity index is 405. The van der Waals surface area contributed by atoms with Crippen LogP contribution in [0.2, 0.25) is 0 Å². The molecule has 1 saturated carbocycles. The predicted octanol–water partition coefficient (Wildman–Crippen LogP) is 0.706. The predicted molar refractivity (Wildman–Crippen MR) is 68.2 cm³/mol. The summed E-state index contributed by atoms with van der Waals surface area (Å²) in [5.74, 6) is 1.36.